The number of hydrogen-bond acceptors (Lipinski definition) is 5. The fraction of sp³-hybridized carbons (Fsp3) is 0.591. The summed E-state index contributed by atoms with van der Waals surface area (Å²) < 4.78 is 19.6. The molecule has 7 nitrogen and oxygen atoms in total. The Morgan fingerprint density at radius 3 is 2.23 bits per heavy atom. The zero-order chi connectivity index (χ0) is 21.1. The zero-order valence-electron chi connectivity index (χ0n) is 17.1. The van der Waals surface area contributed by atoms with Gasteiger partial charge in [-0.05, 0) is 37.8 Å². The van der Waals surface area contributed by atoms with Crippen molar-refractivity contribution in [1.29, 1.82) is 0 Å². The van der Waals surface area contributed by atoms with Crippen LogP contribution in [0.2, 0.25) is 0 Å². The Bertz CT molecular complexity index is 785. The fourth-order valence-corrected chi connectivity index (χ4v) is 4.59. The second kappa shape index (κ2) is 9.12. The third-order valence-electron chi connectivity index (χ3n) is 6.39. The minimum absolute atomic E-state index is 0.0235. The van der Waals surface area contributed by atoms with Crippen molar-refractivity contribution >= 4 is 17.7 Å². The van der Waals surface area contributed by atoms with Crippen molar-refractivity contribution in [2.75, 3.05) is 32.7 Å². The van der Waals surface area contributed by atoms with Gasteiger partial charge >= 0.3 is 0 Å². The number of benzene rings is 1. The van der Waals surface area contributed by atoms with Crippen molar-refractivity contribution in [3.63, 3.8) is 0 Å². The number of halogens is 1. The van der Waals surface area contributed by atoms with E-state index in [-0.39, 0.29) is 49.0 Å². The van der Waals surface area contributed by atoms with Crippen LogP contribution >= 0.6 is 0 Å². The topological polar surface area (TPSA) is 70.2 Å². The molecule has 0 aliphatic carbocycles. The monoisotopic (exact) mass is 417 g/mol. The van der Waals surface area contributed by atoms with Crippen LogP contribution in [0.1, 0.15) is 38.5 Å². The molecular weight excluding hydrogens is 389 g/mol. The Balaban J connectivity index is 1.20. The first-order chi connectivity index (χ1) is 14.5. The molecule has 4 rings (SSSR count). The number of amides is 3. The molecule has 3 saturated heterocycles. The molecule has 8 heteroatoms. The van der Waals surface area contributed by atoms with Crippen molar-refractivity contribution < 1.29 is 23.5 Å². The van der Waals surface area contributed by atoms with Crippen LogP contribution in [-0.2, 0) is 14.4 Å². The van der Waals surface area contributed by atoms with E-state index in [4.69, 9.17) is 4.74 Å². The van der Waals surface area contributed by atoms with Crippen LogP contribution in [0, 0.1) is 5.82 Å². The van der Waals surface area contributed by atoms with Crippen LogP contribution in [0.15, 0.2) is 24.3 Å². The smallest absolute Gasteiger partial charge is 0.242 e. The average Bonchev–Trinajstić information content (AvgIpc) is 3.08. The molecule has 1 aromatic carbocycles. The number of piperidine rings is 2. The minimum atomic E-state index is -0.325. The number of carbonyl (C=O) groups excluding carboxylic acids is 3. The van der Waals surface area contributed by atoms with E-state index < -0.39 is 0 Å². The predicted molar refractivity (Wildman–Crippen MR) is 107 cm³/mol. The minimum Gasteiger partial charge on any atom is -0.487 e. The largest absolute Gasteiger partial charge is 0.487 e. The van der Waals surface area contributed by atoms with Crippen molar-refractivity contribution in [2.45, 2.75) is 50.7 Å². The maximum Gasteiger partial charge on any atom is 0.242 e. The van der Waals surface area contributed by atoms with E-state index in [0.717, 1.165) is 43.7 Å². The van der Waals surface area contributed by atoms with Gasteiger partial charge in [0.1, 0.15) is 12.6 Å². The van der Waals surface area contributed by atoms with E-state index in [2.05, 4.69) is 4.90 Å². The molecule has 3 aliphatic rings. The van der Waals surface area contributed by atoms with Crippen LogP contribution in [-0.4, -0.2) is 77.3 Å². The SMILES string of the molecule is O=C(CN1C(=O)CCC1=O)N1CCC(N2CCC(Oc3ccccc3F)CC2)CC1. The Morgan fingerprint density at radius 2 is 1.60 bits per heavy atom. The summed E-state index contributed by atoms with van der Waals surface area (Å²) in [6.45, 7) is 2.96. The Labute approximate surface area is 175 Å². The lowest BCUT2D eigenvalue weighted by Crippen LogP contribution is -2.51. The number of para-hydroxylation sites is 1. The van der Waals surface area contributed by atoms with Gasteiger partial charge in [-0.1, -0.05) is 12.1 Å². The van der Waals surface area contributed by atoms with E-state index in [1.807, 2.05) is 0 Å². The molecule has 0 spiro atoms. The molecule has 3 aliphatic heterocycles. The quantitative estimate of drug-likeness (QED) is 0.684. The summed E-state index contributed by atoms with van der Waals surface area (Å²) in [6.07, 6.45) is 3.92. The summed E-state index contributed by atoms with van der Waals surface area (Å²) in [5.41, 5.74) is 0. The second-order valence-electron chi connectivity index (χ2n) is 8.27. The fourth-order valence-electron chi connectivity index (χ4n) is 4.59. The van der Waals surface area contributed by atoms with Crippen LogP contribution in [0.3, 0.4) is 0 Å². The molecule has 0 bridgehead atoms. The molecule has 0 radical (unpaired) electrons. The van der Waals surface area contributed by atoms with E-state index in [1.165, 1.54) is 6.07 Å². The average molecular weight is 417 g/mol. The zero-order valence-corrected chi connectivity index (χ0v) is 17.1. The van der Waals surface area contributed by atoms with Crippen molar-refractivity contribution in [1.82, 2.24) is 14.7 Å². The molecule has 0 N–H and O–H groups in total. The van der Waals surface area contributed by atoms with E-state index in [1.54, 1.807) is 23.1 Å². The molecule has 0 saturated carbocycles. The predicted octanol–water partition coefficient (Wildman–Crippen LogP) is 1.81. The number of hydrogen-bond donors (Lipinski definition) is 0. The van der Waals surface area contributed by atoms with Gasteiger partial charge in [-0.25, -0.2) is 4.39 Å². The molecular formula is C22H28FN3O4. The van der Waals surface area contributed by atoms with Crippen LogP contribution in [0.4, 0.5) is 4.39 Å². The summed E-state index contributed by atoms with van der Waals surface area (Å²) >= 11 is 0. The van der Waals surface area contributed by atoms with Crippen molar-refractivity contribution in [3.05, 3.63) is 30.1 Å². The summed E-state index contributed by atoms with van der Waals surface area (Å²) in [4.78, 5) is 41.2. The molecule has 0 atom stereocenters. The number of nitrogens with zero attached hydrogens (tertiary/aromatic N) is 3. The highest BCUT2D eigenvalue weighted by Crippen LogP contribution is 2.25. The van der Waals surface area contributed by atoms with Gasteiger partial charge in [-0.15, -0.1) is 0 Å². The first-order valence-electron chi connectivity index (χ1n) is 10.8. The van der Waals surface area contributed by atoms with Crippen LogP contribution in [0.5, 0.6) is 5.75 Å². The van der Waals surface area contributed by atoms with Gasteiger partial charge in [0, 0.05) is 45.1 Å². The number of imide groups is 1. The van der Waals surface area contributed by atoms with Crippen LogP contribution in [0.25, 0.3) is 0 Å². The van der Waals surface area contributed by atoms with Gasteiger partial charge < -0.3 is 9.64 Å². The Hall–Kier alpha value is -2.48. The summed E-state index contributed by atoms with van der Waals surface area (Å²) in [7, 11) is 0. The third-order valence-corrected chi connectivity index (χ3v) is 6.39. The summed E-state index contributed by atoms with van der Waals surface area (Å²) in [6, 6.07) is 6.92. The Morgan fingerprint density at radius 1 is 0.967 bits per heavy atom. The van der Waals surface area contributed by atoms with Gasteiger partial charge in [0.2, 0.25) is 17.7 Å². The molecule has 1 aromatic rings. The first kappa shape index (κ1) is 20.8. The normalized spacial score (nSPS) is 22.0. The highest BCUT2D eigenvalue weighted by atomic mass is 19.1. The third kappa shape index (κ3) is 4.64. The van der Waals surface area contributed by atoms with Crippen molar-refractivity contribution in [3.8, 4) is 5.75 Å². The van der Waals surface area contributed by atoms with Gasteiger partial charge in [0.25, 0.3) is 0 Å². The number of carbonyl (C=O) groups is 3. The second-order valence-corrected chi connectivity index (χ2v) is 8.27. The maximum absolute atomic E-state index is 13.8. The lowest BCUT2D eigenvalue weighted by molar-refractivity contribution is -0.146. The molecule has 0 aromatic heterocycles. The van der Waals surface area contributed by atoms with E-state index in [0.29, 0.717) is 24.9 Å². The van der Waals surface area contributed by atoms with Gasteiger partial charge in [0.15, 0.2) is 11.6 Å². The highest BCUT2D eigenvalue weighted by Gasteiger charge is 2.34. The van der Waals surface area contributed by atoms with Gasteiger partial charge in [-0.2, -0.15) is 0 Å². The highest BCUT2D eigenvalue weighted by molar-refractivity contribution is 6.04. The maximum atomic E-state index is 13.8. The van der Waals surface area contributed by atoms with E-state index in [9.17, 15) is 18.8 Å². The molecule has 162 valence electrons. The summed E-state index contributed by atoms with van der Waals surface area (Å²) in [5, 5.41) is 0. The molecule has 3 heterocycles. The molecule has 3 fully saturated rings. The number of rotatable bonds is 5. The number of ether oxygens (including phenoxy) is 1. The Kier molecular flexibility index (Phi) is 6.32. The molecule has 3 amide bonds. The standard InChI is InChI=1S/C22H28FN3O4/c23-18-3-1-2-4-19(18)30-17-9-13-24(14-10-17)16-7-11-25(12-8-16)22(29)15-26-20(27)5-6-21(26)28/h1-4,16-17H,5-15H2. The van der Waals surface area contributed by atoms with E-state index >= 15 is 0 Å². The number of likely N-dealkylation sites (tertiary alicyclic amines) is 3. The molecule has 30 heavy (non-hydrogen) atoms. The summed E-state index contributed by atoms with van der Waals surface area (Å²) in [5.74, 6) is -0.645. The van der Waals surface area contributed by atoms with Crippen LogP contribution < -0.4 is 4.74 Å². The lowest BCUT2D eigenvalue weighted by Gasteiger charge is -2.41. The first-order valence-corrected chi connectivity index (χ1v) is 10.8. The van der Waals surface area contributed by atoms with Gasteiger partial charge in [0.05, 0.1) is 0 Å². The van der Waals surface area contributed by atoms with Crippen molar-refractivity contribution in [2.24, 2.45) is 0 Å². The van der Waals surface area contributed by atoms with Gasteiger partial charge in [-0.3, -0.25) is 24.2 Å². The lowest BCUT2D eigenvalue weighted by atomic mass is 9.98. The molecule has 0 unspecified atom stereocenters.